The van der Waals surface area contributed by atoms with E-state index in [1.165, 1.54) is 41.5 Å². The van der Waals surface area contributed by atoms with Gasteiger partial charge in [0.15, 0.2) is 5.16 Å². The Morgan fingerprint density at radius 2 is 1.85 bits per heavy atom. The molecule has 0 spiro atoms. The maximum absolute atomic E-state index is 12.8. The molecule has 0 atom stereocenters. The molecule has 1 aliphatic heterocycles. The van der Waals surface area contributed by atoms with Crippen molar-refractivity contribution in [3.63, 3.8) is 0 Å². The number of hydrogen-bond donors (Lipinski definition) is 0. The molecule has 1 aliphatic carbocycles. The van der Waals surface area contributed by atoms with Crippen LogP contribution in [0.1, 0.15) is 49.0 Å². The topological polar surface area (TPSA) is 55.2 Å². The van der Waals surface area contributed by atoms with Gasteiger partial charge in [-0.25, -0.2) is 4.98 Å². The van der Waals surface area contributed by atoms with Crippen LogP contribution in [-0.4, -0.2) is 39.2 Å². The first-order valence-electron chi connectivity index (χ1n) is 9.57. The second-order valence-corrected chi connectivity index (χ2v) is 9.26. The molecule has 2 aliphatic rings. The number of aryl methyl sites for hydroxylation is 2. The third kappa shape index (κ3) is 3.43. The number of carbonyl (C=O) groups is 1. The maximum atomic E-state index is 12.8. The fraction of sp³-hybridized carbons (Fsp3) is 0.632. The van der Waals surface area contributed by atoms with E-state index in [4.69, 9.17) is 4.98 Å². The van der Waals surface area contributed by atoms with E-state index in [9.17, 15) is 9.59 Å². The number of aromatic nitrogens is 2. The molecule has 1 saturated heterocycles. The zero-order valence-electron chi connectivity index (χ0n) is 15.3. The first kappa shape index (κ1) is 18.0. The summed E-state index contributed by atoms with van der Waals surface area (Å²) in [5.41, 5.74) is 1.25. The van der Waals surface area contributed by atoms with Crippen molar-refractivity contribution < 1.29 is 4.79 Å². The van der Waals surface area contributed by atoms with Crippen molar-refractivity contribution in [3.8, 4) is 0 Å². The van der Waals surface area contributed by atoms with Gasteiger partial charge < -0.3 is 4.90 Å². The lowest BCUT2D eigenvalue weighted by Gasteiger charge is -2.24. The molecule has 3 heterocycles. The predicted molar refractivity (Wildman–Crippen MR) is 107 cm³/mol. The van der Waals surface area contributed by atoms with Crippen LogP contribution >= 0.6 is 23.1 Å². The normalized spacial score (nSPS) is 18.0. The first-order valence-corrected chi connectivity index (χ1v) is 11.4. The summed E-state index contributed by atoms with van der Waals surface area (Å²) in [6, 6.07) is 0. The Labute approximate surface area is 161 Å². The van der Waals surface area contributed by atoms with Gasteiger partial charge in [0.05, 0.1) is 11.1 Å². The molecular weight excluding hydrogens is 366 g/mol. The van der Waals surface area contributed by atoms with Crippen LogP contribution in [0.5, 0.6) is 0 Å². The zero-order valence-corrected chi connectivity index (χ0v) is 16.9. The fourth-order valence-corrected chi connectivity index (χ4v) is 6.13. The van der Waals surface area contributed by atoms with Gasteiger partial charge in [-0.1, -0.05) is 31.0 Å². The second kappa shape index (κ2) is 7.72. The molecule has 0 aromatic carbocycles. The van der Waals surface area contributed by atoms with Gasteiger partial charge in [0.25, 0.3) is 5.56 Å². The highest BCUT2D eigenvalue weighted by molar-refractivity contribution is 7.99. The highest BCUT2D eigenvalue weighted by Gasteiger charge is 2.23. The number of carbonyl (C=O) groups excluding carboxylic acids is 1. The molecule has 0 N–H and O–H groups in total. The Morgan fingerprint density at radius 1 is 1.12 bits per heavy atom. The van der Waals surface area contributed by atoms with Crippen LogP contribution in [0.2, 0.25) is 0 Å². The molecule has 4 rings (SSSR count). The molecule has 2 aromatic rings. The Balaban J connectivity index is 1.51. The number of rotatable bonds is 3. The van der Waals surface area contributed by atoms with Gasteiger partial charge in [-0.3, -0.25) is 14.2 Å². The van der Waals surface area contributed by atoms with Crippen LogP contribution in [0.4, 0.5) is 0 Å². The summed E-state index contributed by atoms with van der Waals surface area (Å²) >= 11 is 3.06. The molecule has 0 bridgehead atoms. The van der Waals surface area contributed by atoms with Gasteiger partial charge >= 0.3 is 0 Å². The minimum Gasteiger partial charge on any atom is -0.342 e. The van der Waals surface area contributed by atoms with Gasteiger partial charge in [0.2, 0.25) is 5.91 Å². The van der Waals surface area contributed by atoms with E-state index < -0.39 is 0 Å². The molecule has 7 heteroatoms. The Bertz CT molecular complexity index is 879. The lowest BCUT2D eigenvalue weighted by Crippen LogP contribution is -2.35. The van der Waals surface area contributed by atoms with Crippen LogP contribution in [0, 0.1) is 0 Å². The van der Waals surface area contributed by atoms with Gasteiger partial charge in [0, 0.05) is 25.0 Å². The summed E-state index contributed by atoms with van der Waals surface area (Å²) in [7, 11) is 1.77. The van der Waals surface area contributed by atoms with Crippen molar-refractivity contribution in [1.29, 1.82) is 0 Å². The quantitative estimate of drug-likeness (QED) is 0.595. The lowest BCUT2D eigenvalue weighted by atomic mass is 10.1. The summed E-state index contributed by atoms with van der Waals surface area (Å²) in [6.45, 7) is 1.73. The fourth-order valence-electron chi connectivity index (χ4n) is 3.95. The van der Waals surface area contributed by atoms with Crippen molar-refractivity contribution in [3.05, 3.63) is 20.8 Å². The molecule has 2 aromatic heterocycles. The van der Waals surface area contributed by atoms with Crippen LogP contribution in [0.15, 0.2) is 9.95 Å². The molecule has 1 amide bonds. The molecule has 26 heavy (non-hydrogen) atoms. The van der Waals surface area contributed by atoms with Crippen LogP contribution in [-0.2, 0) is 24.7 Å². The number of likely N-dealkylation sites (tertiary alicyclic amines) is 1. The Kier molecular flexibility index (Phi) is 5.36. The average Bonchev–Trinajstić information content (AvgIpc) is 3.16. The third-order valence-electron chi connectivity index (χ3n) is 5.44. The minimum atomic E-state index is 0.0376. The Morgan fingerprint density at radius 3 is 2.62 bits per heavy atom. The molecular formula is C19H25N3O2S2. The third-order valence-corrected chi connectivity index (χ3v) is 7.64. The van der Waals surface area contributed by atoms with Gasteiger partial charge in [-0.2, -0.15) is 0 Å². The van der Waals surface area contributed by atoms with Crippen LogP contribution in [0.3, 0.4) is 0 Å². The zero-order chi connectivity index (χ0) is 18.1. The number of thioether (sulfide) groups is 1. The van der Waals surface area contributed by atoms with Crippen molar-refractivity contribution >= 4 is 39.2 Å². The van der Waals surface area contributed by atoms with E-state index in [0.717, 1.165) is 55.4 Å². The van der Waals surface area contributed by atoms with E-state index in [1.807, 2.05) is 4.90 Å². The smallest absolute Gasteiger partial charge is 0.262 e. The van der Waals surface area contributed by atoms with Crippen molar-refractivity contribution in [2.24, 2.45) is 7.05 Å². The summed E-state index contributed by atoms with van der Waals surface area (Å²) in [5, 5.41) is 1.47. The Hall–Kier alpha value is -1.34. The van der Waals surface area contributed by atoms with E-state index in [1.54, 1.807) is 23.0 Å². The van der Waals surface area contributed by atoms with Gasteiger partial charge in [0.1, 0.15) is 4.83 Å². The molecule has 0 saturated carbocycles. The monoisotopic (exact) mass is 391 g/mol. The molecule has 1 fully saturated rings. The summed E-state index contributed by atoms with van der Waals surface area (Å²) in [5.74, 6) is 0.525. The molecule has 0 unspecified atom stereocenters. The van der Waals surface area contributed by atoms with E-state index in [2.05, 4.69) is 0 Å². The first-order chi connectivity index (χ1) is 12.6. The SMILES string of the molecule is Cn1c(SCC(=O)N2CCCCCCC2)nc2sc3c(c2c1=O)CCC3. The van der Waals surface area contributed by atoms with Crippen molar-refractivity contribution in [2.45, 2.75) is 56.5 Å². The van der Waals surface area contributed by atoms with Crippen LogP contribution < -0.4 is 5.56 Å². The summed E-state index contributed by atoms with van der Waals surface area (Å²) in [6.07, 6.45) is 9.11. The summed E-state index contributed by atoms with van der Waals surface area (Å²) in [4.78, 5) is 34.3. The van der Waals surface area contributed by atoms with Crippen molar-refractivity contribution in [1.82, 2.24) is 14.5 Å². The molecule has 0 radical (unpaired) electrons. The number of thiophene rings is 1. The predicted octanol–water partition coefficient (Wildman–Crippen LogP) is 3.37. The minimum absolute atomic E-state index is 0.0376. The van der Waals surface area contributed by atoms with Crippen LogP contribution in [0.25, 0.3) is 10.2 Å². The number of fused-ring (bicyclic) bond motifs is 3. The molecule has 5 nitrogen and oxygen atoms in total. The second-order valence-electron chi connectivity index (χ2n) is 7.23. The van der Waals surface area contributed by atoms with E-state index in [-0.39, 0.29) is 11.5 Å². The van der Waals surface area contributed by atoms with Gasteiger partial charge in [-0.05, 0) is 37.7 Å². The number of hydrogen-bond acceptors (Lipinski definition) is 5. The standard InChI is InChI=1S/C19H25N3O2S2/c1-21-18(24)16-13-8-7-9-14(13)26-17(16)20-19(21)25-12-15(23)22-10-5-3-2-4-6-11-22/h2-12H2,1H3. The van der Waals surface area contributed by atoms with Gasteiger partial charge in [-0.15, -0.1) is 11.3 Å². The molecule has 140 valence electrons. The van der Waals surface area contributed by atoms with E-state index >= 15 is 0 Å². The highest BCUT2D eigenvalue weighted by atomic mass is 32.2. The number of nitrogens with zero attached hydrogens (tertiary/aromatic N) is 3. The maximum Gasteiger partial charge on any atom is 0.262 e. The lowest BCUT2D eigenvalue weighted by molar-refractivity contribution is -0.128. The largest absolute Gasteiger partial charge is 0.342 e. The van der Waals surface area contributed by atoms with Crippen molar-refractivity contribution in [2.75, 3.05) is 18.8 Å². The summed E-state index contributed by atoms with van der Waals surface area (Å²) < 4.78 is 1.62. The van der Waals surface area contributed by atoms with E-state index in [0.29, 0.717) is 10.9 Å². The number of amides is 1. The average molecular weight is 392 g/mol. The highest BCUT2D eigenvalue weighted by Crippen LogP contribution is 2.35.